The van der Waals surface area contributed by atoms with Crippen molar-refractivity contribution in [3.8, 4) is 17.0 Å². The predicted molar refractivity (Wildman–Crippen MR) is 92.5 cm³/mol. The van der Waals surface area contributed by atoms with Gasteiger partial charge in [0, 0.05) is 10.9 Å². The first kappa shape index (κ1) is 18.4. The van der Waals surface area contributed by atoms with Crippen LogP contribution in [0, 0.1) is 5.92 Å². The van der Waals surface area contributed by atoms with E-state index in [0.29, 0.717) is 5.13 Å². The van der Waals surface area contributed by atoms with E-state index in [1.54, 1.807) is 24.3 Å². The van der Waals surface area contributed by atoms with Gasteiger partial charge < -0.3 is 16.2 Å². The summed E-state index contributed by atoms with van der Waals surface area (Å²) in [6, 6.07) is 6.23. The Morgan fingerprint density at radius 3 is 2.64 bits per heavy atom. The number of aromatic nitrogens is 1. The van der Waals surface area contributed by atoms with Crippen LogP contribution in [0.15, 0.2) is 29.6 Å². The number of rotatable bonds is 5. The molecule has 22 heavy (non-hydrogen) atoms. The van der Waals surface area contributed by atoms with Crippen LogP contribution in [0.1, 0.15) is 20.3 Å². The van der Waals surface area contributed by atoms with Gasteiger partial charge in [-0.25, -0.2) is 4.98 Å². The van der Waals surface area contributed by atoms with Gasteiger partial charge in [0.2, 0.25) is 5.91 Å². The Kier molecular flexibility index (Phi) is 6.80. The number of benzene rings is 1. The number of phenols is 1. The van der Waals surface area contributed by atoms with Gasteiger partial charge in [0.15, 0.2) is 5.13 Å². The first-order chi connectivity index (χ1) is 10.0. The van der Waals surface area contributed by atoms with Crippen molar-refractivity contribution < 1.29 is 9.90 Å². The average molecular weight is 342 g/mol. The fourth-order valence-electron chi connectivity index (χ4n) is 1.80. The molecule has 5 nitrogen and oxygen atoms in total. The van der Waals surface area contributed by atoms with Gasteiger partial charge in [-0.3, -0.25) is 4.79 Å². The molecular formula is C15H20ClN3O2S. The van der Waals surface area contributed by atoms with E-state index in [2.05, 4.69) is 10.3 Å². The maximum atomic E-state index is 12.0. The molecule has 1 aromatic carbocycles. The van der Waals surface area contributed by atoms with E-state index in [-0.39, 0.29) is 30.0 Å². The molecule has 2 rings (SSSR count). The monoisotopic (exact) mass is 341 g/mol. The Morgan fingerprint density at radius 1 is 1.41 bits per heavy atom. The molecule has 120 valence electrons. The normalized spacial score (nSPS) is 13.0. The molecule has 1 amide bonds. The molecule has 0 spiro atoms. The van der Waals surface area contributed by atoms with Crippen molar-refractivity contribution in [2.24, 2.45) is 11.7 Å². The summed E-state index contributed by atoms with van der Waals surface area (Å²) in [5.41, 5.74) is 7.53. The van der Waals surface area contributed by atoms with Gasteiger partial charge in [0.1, 0.15) is 5.75 Å². The molecule has 2 atom stereocenters. The molecule has 4 N–H and O–H groups in total. The van der Waals surface area contributed by atoms with E-state index in [1.807, 2.05) is 19.2 Å². The van der Waals surface area contributed by atoms with Crippen molar-refractivity contribution in [3.63, 3.8) is 0 Å². The van der Waals surface area contributed by atoms with Gasteiger partial charge in [0.05, 0.1) is 11.7 Å². The third kappa shape index (κ3) is 4.43. The SMILES string of the molecule is CCC(C)C(N)C(=O)Nc1nc(-c2ccc(O)cc2)cs1.Cl. The minimum Gasteiger partial charge on any atom is -0.508 e. The van der Waals surface area contributed by atoms with Crippen LogP contribution >= 0.6 is 23.7 Å². The lowest BCUT2D eigenvalue weighted by atomic mass is 10.00. The van der Waals surface area contributed by atoms with Gasteiger partial charge in [-0.1, -0.05) is 20.3 Å². The van der Waals surface area contributed by atoms with E-state index in [1.165, 1.54) is 11.3 Å². The Balaban J connectivity index is 0.00000242. The fourth-order valence-corrected chi connectivity index (χ4v) is 2.52. The number of thiazole rings is 1. The number of nitrogens with zero attached hydrogens (tertiary/aromatic N) is 1. The van der Waals surface area contributed by atoms with Crippen LogP contribution in [0.3, 0.4) is 0 Å². The van der Waals surface area contributed by atoms with Crippen LogP contribution in [-0.4, -0.2) is 22.0 Å². The number of halogens is 1. The molecule has 7 heteroatoms. The van der Waals surface area contributed by atoms with Crippen LogP contribution in [0.2, 0.25) is 0 Å². The highest BCUT2D eigenvalue weighted by molar-refractivity contribution is 7.14. The van der Waals surface area contributed by atoms with Crippen LogP contribution in [0.5, 0.6) is 5.75 Å². The summed E-state index contributed by atoms with van der Waals surface area (Å²) in [4.78, 5) is 16.4. The predicted octanol–water partition coefficient (Wildman–Crippen LogP) is 3.25. The first-order valence-corrected chi connectivity index (χ1v) is 7.70. The zero-order valence-electron chi connectivity index (χ0n) is 12.4. The Bertz CT molecular complexity index is 616. The highest BCUT2D eigenvalue weighted by atomic mass is 35.5. The van der Waals surface area contributed by atoms with E-state index >= 15 is 0 Å². The maximum absolute atomic E-state index is 12.0. The lowest BCUT2D eigenvalue weighted by Gasteiger charge is -2.16. The number of nitrogens with two attached hydrogens (primary N) is 1. The summed E-state index contributed by atoms with van der Waals surface area (Å²) < 4.78 is 0. The first-order valence-electron chi connectivity index (χ1n) is 6.82. The molecule has 0 radical (unpaired) electrons. The topological polar surface area (TPSA) is 88.2 Å². The van der Waals surface area contributed by atoms with Crippen LogP contribution < -0.4 is 11.1 Å². The summed E-state index contributed by atoms with van der Waals surface area (Å²) in [6.07, 6.45) is 0.852. The van der Waals surface area contributed by atoms with Crippen molar-refractivity contribution in [1.82, 2.24) is 4.98 Å². The van der Waals surface area contributed by atoms with Crippen molar-refractivity contribution in [1.29, 1.82) is 0 Å². The highest BCUT2D eigenvalue weighted by Crippen LogP contribution is 2.26. The number of anilines is 1. The smallest absolute Gasteiger partial charge is 0.243 e. The number of nitrogens with one attached hydrogen (secondary N) is 1. The standard InChI is InChI=1S/C15H19N3O2S.ClH/c1-3-9(2)13(16)14(20)18-15-17-12(8-21-15)10-4-6-11(19)7-5-10;/h4-9,13,19H,3,16H2,1-2H3,(H,17,18,20);1H. The minimum absolute atomic E-state index is 0. The van der Waals surface area contributed by atoms with Crippen LogP contribution in [0.25, 0.3) is 11.3 Å². The largest absolute Gasteiger partial charge is 0.508 e. The second kappa shape index (κ2) is 8.12. The molecule has 0 fully saturated rings. The zero-order chi connectivity index (χ0) is 15.4. The molecule has 0 saturated carbocycles. The molecule has 1 aromatic heterocycles. The van der Waals surface area contributed by atoms with Gasteiger partial charge >= 0.3 is 0 Å². The van der Waals surface area contributed by atoms with E-state index in [9.17, 15) is 9.90 Å². The lowest BCUT2D eigenvalue weighted by Crippen LogP contribution is -2.40. The lowest BCUT2D eigenvalue weighted by molar-refractivity contribution is -0.118. The number of hydrogen-bond acceptors (Lipinski definition) is 5. The molecule has 0 aliphatic carbocycles. The molecule has 1 heterocycles. The minimum atomic E-state index is -0.531. The van der Waals surface area contributed by atoms with E-state index < -0.39 is 6.04 Å². The molecule has 0 bridgehead atoms. The van der Waals surface area contributed by atoms with Gasteiger partial charge in [0.25, 0.3) is 0 Å². The van der Waals surface area contributed by atoms with Gasteiger partial charge in [-0.15, -0.1) is 23.7 Å². The Morgan fingerprint density at radius 2 is 2.05 bits per heavy atom. The summed E-state index contributed by atoms with van der Waals surface area (Å²) in [5, 5.41) is 14.4. The number of carbonyl (C=O) groups excluding carboxylic acids is 1. The highest BCUT2D eigenvalue weighted by Gasteiger charge is 2.20. The molecule has 0 aliphatic rings. The van der Waals surface area contributed by atoms with Crippen molar-refractivity contribution in [2.75, 3.05) is 5.32 Å². The number of hydrogen-bond donors (Lipinski definition) is 3. The second-order valence-electron chi connectivity index (χ2n) is 4.99. The maximum Gasteiger partial charge on any atom is 0.243 e. The third-order valence-electron chi connectivity index (χ3n) is 3.46. The molecular weight excluding hydrogens is 322 g/mol. The third-order valence-corrected chi connectivity index (χ3v) is 4.21. The number of amides is 1. The molecule has 2 aromatic rings. The quantitative estimate of drug-likeness (QED) is 0.778. The van der Waals surface area contributed by atoms with Crippen LogP contribution in [-0.2, 0) is 4.79 Å². The van der Waals surface area contributed by atoms with Crippen LogP contribution in [0.4, 0.5) is 5.13 Å². The average Bonchev–Trinajstić information content (AvgIpc) is 2.94. The zero-order valence-corrected chi connectivity index (χ0v) is 14.1. The fraction of sp³-hybridized carbons (Fsp3) is 0.333. The molecule has 0 saturated heterocycles. The van der Waals surface area contributed by atoms with Gasteiger partial charge in [-0.2, -0.15) is 0 Å². The second-order valence-corrected chi connectivity index (χ2v) is 5.84. The van der Waals surface area contributed by atoms with E-state index in [4.69, 9.17) is 5.73 Å². The Labute approximate surface area is 140 Å². The van der Waals surface area contributed by atoms with E-state index in [0.717, 1.165) is 17.7 Å². The number of phenolic OH excluding ortho intramolecular Hbond substituents is 1. The number of aromatic hydroxyl groups is 1. The molecule has 0 aliphatic heterocycles. The summed E-state index contributed by atoms with van der Waals surface area (Å²) in [7, 11) is 0. The van der Waals surface area contributed by atoms with Crippen molar-refractivity contribution in [2.45, 2.75) is 26.3 Å². The van der Waals surface area contributed by atoms with Gasteiger partial charge in [-0.05, 0) is 30.2 Å². The summed E-state index contributed by atoms with van der Waals surface area (Å²) in [5.74, 6) is 0.125. The molecule has 2 unspecified atom stereocenters. The number of carbonyl (C=O) groups is 1. The summed E-state index contributed by atoms with van der Waals surface area (Å²) in [6.45, 7) is 3.96. The van der Waals surface area contributed by atoms with Crippen molar-refractivity contribution in [3.05, 3.63) is 29.6 Å². The van der Waals surface area contributed by atoms with Crippen molar-refractivity contribution >= 4 is 34.8 Å². The Hall–Kier alpha value is -1.63. The summed E-state index contributed by atoms with van der Waals surface area (Å²) >= 11 is 1.35.